The Morgan fingerprint density at radius 3 is 2.51 bits per heavy atom. The molecular formula is C29H37NO5SSi. The van der Waals surface area contributed by atoms with E-state index in [1.54, 1.807) is 31.6 Å². The lowest BCUT2D eigenvalue weighted by molar-refractivity contribution is 0.0524. The first-order valence-corrected chi connectivity index (χ1v) is 16.9. The lowest BCUT2D eigenvalue weighted by Gasteiger charge is -2.38. The summed E-state index contributed by atoms with van der Waals surface area (Å²) >= 11 is 1.79. The highest BCUT2D eigenvalue weighted by molar-refractivity contribution is 7.15. The molecule has 0 saturated heterocycles. The average molecular weight is 540 g/mol. The highest BCUT2D eigenvalue weighted by Crippen LogP contribution is 2.46. The van der Waals surface area contributed by atoms with Crippen LogP contribution in [0.5, 0.6) is 5.75 Å². The van der Waals surface area contributed by atoms with Crippen LogP contribution in [0.1, 0.15) is 67.4 Å². The Morgan fingerprint density at radius 2 is 1.92 bits per heavy atom. The number of hydrogen-bond donors (Lipinski definition) is 0. The minimum absolute atomic E-state index is 0.0823. The van der Waals surface area contributed by atoms with Crippen molar-refractivity contribution < 1.29 is 18.7 Å². The third kappa shape index (κ3) is 4.68. The van der Waals surface area contributed by atoms with Gasteiger partial charge in [-0.05, 0) is 68.1 Å². The van der Waals surface area contributed by atoms with E-state index in [-0.39, 0.29) is 34.8 Å². The number of nitrogens with zero attached hydrogens (tertiary/aromatic N) is 1. The molecule has 0 aliphatic heterocycles. The molecule has 2 aliphatic rings. The van der Waals surface area contributed by atoms with E-state index in [2.05, 4.69) is 44.5 Å². The van der Waals surface area contributed by atoms with E-state index < -0.39 is 14.3 Å². The summed E-state index contributed by atoms with van der Waals surface area (Å²) in [5.41, 5.74) is 2.86. The van der Waals surface area contributed by atoms with E-state index in [0.29, 0.717) is 11.1 Å². The van der Waals surface area contributed by atoms with E-state index in [1.807, 2.05) is 12.1 Å². The Labute approximate surface area is 223 Å². The second-order valence-electron chi connectivity index (χ2n) is 11.7. The molecule has 0 N–H and O–H groups in total. The fraction of sp³-hybridized carbons (Fsp3) is 0.517. The number of fused-ring (bicyclic) bond motifs is 2. The first kappa shape index (κ1) is 26.2. The second kappa shape index (κ2) is 9.40. The number of esters is 1. The maximum absolute atomic E-state index is 13.3. The molecule has 5 rings (SSSR count). The Bertz CT molecular complexity index is 1400. The number of carbonyl (C=O) groups excluding carboxylic acids is 1. The summed E-state index contributed by atoms with van der Waals surface area (Å²) in [6.45, 7) is 13.5. The molecule has 0 bridgehead atoms. The Morgan fingerprint density at radius 1 is 1.19 bits per heavy atom. The lowest BCUT2D eigenvalue weighted by Crippen LogP contribution is -2.44. The summed E-state index contributed by atoms with van der Waals surface area (Å²) in [6, 6.07) is 6.32. The Hall–Kier alpha value is -2.42. The molecule has 0 spiro atoms. The van der Waals surface area contributed by atoms with E-state index in [0.717, 1.165) is 41.6 Å². The number of pyridine rings is 1. The van der Waals surface area contributed by atoms with Gasteiger partial charge in [0, 0.05) is 34.0 Å². The third-order valence-corrected chi connectivity index (χ3v) is 13.8. The predicted octanol–water partition coefficient (Wildman–Crippen LogP) is 6.74. The van der Waals surface area contributed by atoms with Crippen molar-refractivity contribution in [2.24, 2.45) is 0 Å². The fourth-order valence-corrected chi connectivity index (χ4v) is 7.59. The van der Waals surface area contributed by atoms with Crippen molar-refractivity contribution in [3.63, 3.8) is 0 Å². The van der Waals surface area contributed by atoms with Gasteiger partial charge in [-0.3, -0.25) is 4.79 Å². The highest BCUT2D eigenvalue weighted by Gasteiger charge is 2.41. The van der Waals surface area contributed by atoms with Gasteiger partial charge in [0.15, 0.2) is 14.1 Å². The summed E-state index contributed by atoms with van der Waals surface area (Å²) in [5.74, 6) is 0.113. The number of thiophene rings is 1. The SMILES string of the molecule is CCOC(=O)c1cn(C2CC2)c2c(OC)c(-c3cc4c(s3)CC(O[Si](C)(C)C(C)(C)C)C4)ccc2c1=O. The van der Waals surface area contributed by atoms with E-state index in [4.69, 9.17) is 13.9 Å². The molecule has 1 saturated carbocycles. The van der Waals surface area contributed by atoms with E-state index in [1.165, 1.54) is 10.4 Å². The first-order chi connectivity index (χ1) is 17.4. The zero-order valence-electron chi connectivity index (χ0n) is 22.9. The monoisotopic (exact) mass is 539 g/mol. The van der Waals surface area contributed by atoms with Crippen LogP contribution in [-0.2, 0) is 22.0 Å². The van der Waals surface area contributed by atoms with Crippen molar-refractivity contribution in [2.75, 3.05) is 13.7 Å². The maximum Gasteiger partial charge on any atom is 0.343 e. The predicted molar refractivity (Wildman–Crippen MR) is 152 cm³/mol. The van der Waals surface area contributed by atoms with Crippen molar-refractivity contribution in [3.05, 3.63) is 50.6 Å². The van der Waals surface area contributed by atoms with Crippen LogP contribution in [0.3, 0.4) is 0 Å². The quantitative estimate of drug-likeness (QED) is 0.246. The molecule has 0 radical (unpaired) electrons. The van der Waals surface area contributed by atoms with Crippen LogP contribution >= 0.6 is 11.3 Å². The molecule has 3 aromatic rings. The van der Waals surface area contributed by atoms with Gasteiger partial charge < -0.3 is 18.5 Å². The largest absolute Gasteiger partial charge is 0.494 e. The van der Waals surface area contributed by atoms with Gasteiger partial charge >= 0.3 is 5.97 Å². The molecular weight excluding hydrogens is 502 g/mol. The molecule has 1 atom stereocenters. The van der Waals surface area contributed by atoms with Gasteiger partial charge in [0.05, 0.1) is 30.7 Å². The minimum atomic E-state index is -1.82. The molecule has 37 heavy (non-hydrogen) atoms. The van der Waals surface area contributed by atoms with Crippen LogP contribution in [0, 0.1) is 0 Å². The van der Waals surface area contributed by atoms with Gasteiger partial charge in [-0.25, -0.2) is 4.79 Å². The highest BCUT2D eigenvalue weighted by atomic mass is 32.1. The molecule has 0 amide bonds. The Kier molecular flexibility index (Phi) is 6.65. The first-order valence-electron chi connectivity index (χ1n) is 13.2. The summed E-state index contributed by atoms with van der Waals surface area (Å²) in [6.07, 6.45) is 5.81. The molecule has 198 valence electrons. The van der Waals surface area contributed by atoms with Gasteiger partial charge in [-0.2, -0.15) is 0 Å². The topological polar surface area (TPSA) is 66.8 Å². The molecule has 1 aromatic carbocycles. The molecule has 2 aromatic heterocycles. The summed E-state index contributed by atoms with van der Waals surface area (Å²) in [4.78, 5) is 28.3. The molecule has 1 unspecified atom stereocenters. The molecule has 8 heteroatoms. The molecule has 6 nitrogen and oxygen atoms in total. The van der Waals surface area contributed by atoms with Crippen LogP contribution in [0.4, 0.5) is 0 Å². The number of aromatic nitrogens is 1. The number of hydrogen-bond acceptors (Lipinski definition) is 6. The Balaban J connectivity index is 1.53. The number of benzene rings is 1. The van der Waals surface area contributed by atoms with Gasteiger partial charge in [0.1, 0.15) is 5.56 Å². The standard InChI is InChI=1S/C29H37NO5SSi/c1-8-34-28(32)22-16-30(18-9-10-18)25-21(26(22)31)12-11-20(27(25)33-5)24-14-17-13-19(15-23(17)36-24)35-37(6,7)29(2,3)4/h11-12,14,16,18-19H,8-10,13,15H2,1-7H3. The lowest BCUT2D eigenvalue weighted by atomic mass is 10.0. The minimum Gasteiger partial charge on any atom is -0.494 e. The van der Waals surface area contributed by atoms with Gasteiger partial charge in [0.25, 0.3) is 0 Å². The normalized spacial score (nSPS) is 17.8. The van der Waals surface area contributed by atoms with Crippen LogP contribution in [0.25, 0.3) is 21.3 Å². The van der Waals surface area contributed by atoms with Crippen LogP contribution in [-0.4, -0.2) is 38.7 Å². The fourth-order valence-electron chi connectivity index (χ4n) is 4.96. The van der Waals surface area contributed by atoms with Crippen molar-refractivity contribution in [1.82, 2.24) is 4.57 Å². The van der Waals surface area contributed by atoms with Crippen molar-refractivity contribution in [1.29, 1.82) is 0 Å². The van der Waals surface area contributed by atoms with E-state index in [9.17, 15) is 9.59 Å². The zero-order chi connectivity index (χ0) is 26.7. The zero-order valence-corrected chi connectivity index (χ0v) is 24.7. The second-order valence-corrected chi connectivity index (χ2v) is 17.6. The number of rotatable bonds is 7. The number of carbonyl (C=O) groups is 1. The molecule has 1 fully saturated rings. The summed E-state index contributed by atoms with van der Waals surface area (Å²) in [5, 5.41) is 0.682. The van der Waals surface area contributed by atoms with Gasteiger partial charge in [-0.15, -0.1) is 11.3 Å². The maximum atomic E-state index is 13.3. The molecule has 2 heterocycles. The van der Waals surface area contributed by atoms with Crippen molar-refractivity contribution in [2.45, 2.75) is 83.7 Å². The van der Waals surface area contributed by atoms with Crippen LogP contribution < -0.4 is 10.2 Å². The number of ether oxygens (including phenoxy) is 2. The van der Waals surface area contributed by atoms with Crippen LogP contribution in [0.15, 0.2) is 29.2 Å². The van der Waals surface area contributed by atoms with Gasteiger partial charge in [0.2, 0.25) is 5.43 Å². The van der Waals surface area contributed by atoms with Gasteiger partial charge in [-0.1, -0.05) is 20.8 Å². The third-order valence-electron chi connectivity index (χ3n) is 8.08. The van der Waals surface area contributed by atoms with Crippen LogP contribution in [0.2, 0.25) is 18.1 Å². The average Bonchev–Trinajstić information content (AvgIpc) is 3.49. The van der Waals surface area contributed by atoms with Crippen molar-refractivity contribution >= 4 is 36.5 Å². The smallest absolute Gasteiger partial charge is 0.343 e. The number of methoxy groups -OCH3 is 1. The van der Waals surface area contributed by atoms with Crippen molar-refractivity contribution in [3.8, 4) is 16.2 Å². The summed E-state index contributed by atoms with van der Waals surface area (Å²) in [7, 11) is -0.164. The van der Waals surface area contributed by atoms with E-state index >= 15 is 0 Å². The summed E-state index contributed by atoms with van der Waals surface area (Å²) < 4.78 is 19.9. The molecule has 2 aliphatic carbocycles.